The molecule has 0 unspecified atom stereocenters. The number of hydrogen-bond donors (Lipinski definition) is 2. The zero-order chi connectivity index (χ0) is 34.0. The van der Waals surface area contributed by atoms with Gasteiger partial charge < -0.3 is 19.6 Å². The molecule has 1 spiro atoms. The van der Waals surface area contributed by atoms with Crippen LogP contribution in [0.3, 0.4) is 0 Å². The van der Waals surface area contributed by atoms with Crippen molar-refractivity contribution in [3.8, 4) is 5.75 Å². The summed E-state index contributed by atoms with van der Waals surface area (Å²) in [5.74, 6) is -0.681. The van der Waals surface area contributed by atoms with Crippen molar-refractivity contribution >= 4 is 39.1 Å². The lowest BCUT2D eigenvalue weighted by Gasteiger charge is -2.52. The summed E-state index contributed by atoms with van der Waals surface area (Å²) >= 11 is 6.44. The molecule has 2 aliphatic carbocycles. The topological polar surface area (TPSA) is 116 Å². The number of fused-ring (bicyclic) bond motifs is 4. The van der Waals surface area contributed by atoms with Crippen LogP contribution in [0.5, 0.6) is 5.75 Å². The number of amides is 2. The van der Waals surface area contributed by atoms with Crippen molar-refractivity contribution in [3.63, 3.8) is 0 Å². The molecule has 2 fully saturated rings. The summed E-state index contributed by atoms with van der Waals surface area (Å²) in [6.07, 6.45) is 6.83. The normalized spacial score (nSPS) is 35.1. The lowest BCUT2D eigenvalue weighted by Crippen LogP contribution is -2.57. The first-order valence-electron chi connectivity index (χ1n) is 17.7. The van der Waals surface area contributed by atoms with Crippen LogP contribution in [0.4, 0.5) is 5.69 Å². The highest BCUT2D eigenvalue weighted by atomic mass is 35.5. The minimum Gasteiger partial charge on any atom is -0.490 e. The highest BCUT2D eigenvalue weighted by molar-refractivity contribution is 7.90. The molecule has 0 radical (unpaired) electrons. The summed E-state index contributed by atoms with van der Waals surface area (Å²) in [6.45, 7) is 5.86. The number of likely N-dealkylation sites (tertiary alicyclic amines) is 1. The summed E-state index contributed by atoms with van der Waals surface area (Å²) in [5, 5.41) is 12.6. The van der Waals surface area contributed by atoms with Gasteiger partial charge in [-0.25, -0.2) is 13.1 Å². The predicted octanol–water partition coefficient (Wildman–Crippen LogP) is 5.32. The second kappa shape index (κ2) is 12.5. The number of benzene rings is 2. The van der Waals surface area contributed by atoms with E-state index in [1.165, 1.54) is 11.1 Å². The van der Waals surface area contributed by atoms with Crippen molar-refractivity contribution in [3.05, 3.63) is 58.1 Å². The third-order valence-electron chi connectivity index (χ3n) is 12.6. The van der Waals surface area contributed by atoms with Crippen molar-refractivity contribution in [1.82, 2.24) is 9.62 Å². The average Bonchev–Trinajstić information content (AvgIpc) is 3.29. The summed E-state index contributed by atoms with van der Waals surface area (Å²) in [6, 6.07) is 11.3. The third kappa shape index (κ3) is 5.79. The average molecular weight is 698 g/mol. The SMILES string of the molecule is C[C@@H]1[C@@H](C)CCC[C@@](O)([C@H]2CCN(C)C2=O)[C@@H]2CC[C@H]2CN2C[C@@]3(CCCc4cc(Cl)ccc43)COc3ccc(cc32)C(=O)NS1(=O)=O. The standard InChI is InChI=1S/C37H48ClN3O6S/c1-23-6-4-16-37(44,31-14-17-40(3)35(31)43)30-11-8-27(30)20-41-21-36(15-5-7-25-18-28(38)10-12-29(25)36)22-47-33-13-9-26(19-32(33)41)34(42)39-48(45,46)24(23)2/h9-10,12-13,18-19,23-24,27,30-31,44H,4-8,11,14-17,20-22H2,1-3H3,(H,39,42)/t23-,24+,27-,30+,31-,36-,37-/m0/s1. The van der Waals surface area contributed by atoms with Gasteiger partial charge in [0, 0.05) is 42.7 Å². The van der Waals surface area contributed by atoms with Crippen molar-refractivity contribution in [2.45, 2.75) is 87.9 Å². The van der Waals surface area contributed by atoms with Gasteiger partial charge in [0.25, 0.3) is 5.91 Å². The molecular formula is C37H48ClN3O6S. The fraction of sp³-hybridized carbons (Fsp3) is 0.622. The minimum atomic E-state index is -3.98. The van der Waals surface area contributed by atoms with Crippen LogP contribution in [-0.4, -0.2) is 74.4 Å². The first-order valence-corrected chi connectivity index (χ1v) is 19.6. The van der Waals surface area contributed by atoms with E-state index in [0.29, 0.717) is 62.7 Å². The Morgan fingerprint density at radius 3 is 2.56 bits per heavy atom. The van der Waals surface area contributed by atoms with E-state index in [0.717, 1.165) is 37.8 Å². The molecule has 2 bridgehead atoms. The maximum absolute atomic E-state index is 13.5. The van der Waals surface area contributed by atoms with Crippen LogP contribution < -0.4 is 14.4 Å². The van der Waals surface area contributed by atoms with Gasteiger partial charge in [0.1, 0.15) is 5.75 Å². The molecule has 48 heavy (non-hydrogen) atoms. The fourth-order valence-corrected chi connectivity index (χ4v) is 10.9. The summed E-state index contributed by atoms with van der Waals surface area (Å²) in [4.78, 5) is 31.0. The molecular weight excluding hydrogens is 650 g/mol. The molecule has 5 aliphatic rings. The van der Waals surface area contributed by atoms with E-state index in [-0.39, 0.29) is 34.6 Å². The number of carbonyl (C=O) groups is 2. The maximum Gasteiger partial charge on any atom is 0.264 e. The van der Waals surface area contributed by atoms with Gasteiger partial charge in [0.2, 0.25) is 15.9 Å². The molecule has 2 aromatic carbocycles. The number of hydrogen-bond acceptors (Lipinski definition) is 7. The molecule has 2 N–H and O–H groups in total. The smallest absolute Gasteiger partial charge is 0.264 e. The Bertz CT molecular complexity index is 1720. The number of aryl methyl sites for hydroxylation is 1. The van der Waals surface area contributed by atoms with Gasteiger partial charge in [-0.3, -0.25) is 9.59 Å². The lowest BCUT2D eigenvalue weighted by molar-refractivity contribution is -0.154. The maximum atomic E-state index is 13.5. The van der Waals surface area contributed by atoms with E-state index < -0.39 is 32.7 Å². The highest BCUT2D eigenvalue weighted by Gasteiger charge is 2.55. The Balaban J connectivity index is 1.32. The number of halogens is 1. The van der Waals surface area contributed by atoms with E-state index in [9.17, 15) is 23.1 Å². The number of rotatable bonds is 1. The number of nitrogens with zero attached hydrogens (tertiary/aromatic N) is 2. The second-order valence-corrected chi connectivity index (χ2v) is 17.8. The minimum absolute atomic E-state index is 0.00107. The number of sulfonamides is 1. The zero-order valence-electron chi connectivity index (χ0n) is 28.2. The van der Waals surface area contributed by atoms with Crippen LogP contribution in [0, 0.1) is 23.7 Å². The van der Waals surface area contributed by atoms with Crippen molar-refractivity contribution in [2.75, 3.05) is 38.2 Å². The van der Waals surface area contributed by atoms with Crippen LogP contribution in [-0.2, 0) is 26.7 Å². The van der Waals surface area contributed by atoms with Gasteiger partial charge in [-0.1, -0.05) is 31.0 Å². The number of aliphatic hydroxyl groups is 1. The van der Waals surface area contributed by atoms with Crippen LogP contribution in [0.1, 0.15) is 86.7 Å². The molecule has 2 amide bonds. The molecule has 260 valence electrons. The largest absolute Gasteiger partial charge is 0.490 e. The molecule has 1 saturated carbocycles. The first-order chi connectivity index (χ1) is 22.8. The number of carbonyl (C=O) groups excluding carboxylic acids is 2. The number of anilines is 1. The van der Waals surface area contributed by atoms with E-state index in [4.69, 9.17) is 16.3 Å². The van der Waals surface area contributed by atoms with E-state index in [2.05, 4.69) is 21.8 Å². The Kier molecular flexibility index (Phi) is 8.77. The van der Waals surface area contributed by atoms with Gasteiger partial charge in [0.05, 0.1) is 29.1 Å². The van der Waals surface area contributed by atoms with Gasteiger partial charge in [-0.15, -0.1) is 0 Å². The van der Waals surface area contributed by atoms with Gasteiger partial charge >= 0.3 is 0 Å². The molecule has 7 rings (SSSR count). The third-order valence-corrected chi connectivity index (χ3v) is 14.8. The Morgan fingerprint density at radius 1 is 1.02 bits per heavy atom. The van der Waals surface area contributed by atoms with Crippen LogP contribution in [0.25, 0.3) is 0 Å². The highest BCUT2D eigenvalue weighted by Crippen LogP contribution is 2.52. The molecule has 7 atom stereocenters. The van der Waals surface area contributed by atoms with Crippen LogP contribution in [0.2, 0.25) is 5.02 Å². The Labute approximate surface area is 289 Å². The Morgan fingerprint density at radius 2 is 1.83 bits per heavy atom. The van der Waals surface area contributed by atoms with Crippen molar-refractivity contribution < 1.29 is 27.9 Å². The summed E-state index contributed by atoms with van der Waals surface area (Å²) in [5.41, 5.74) is 1.95. The van der Waals surface area contributed by atoms with E-state index >= 15 is 0 Å². The second-order valence-electron chi connectivity index (χ2n) is 15.4. The van der Waals surface area contributed by atoms with Gasteiger partial charge in [-0.2, -0.15) is 0 Å². The summed E-state index contributed by atoms with van der Waals surface area (Å²) in [7, 11) is -2.18. The van der Waals surface area contributed by atoms with E-state index in [1.54, 1.807) is 30.0 Å². The van der Waals surface area contributed by atoms with Gasteiger partial charge in [0.15, 0.2) is 0 Å². The summed E-state index contributed by atoms with van der Waals surface area (Å²) < 4.78 is 35.9. The number of ether oxygens (including phenoxy) is 1. The zero-order valence-corrected chi connectivity index (χ0v) is 29.8. The van der Waals surface area contributed by atoms with Crippen LogP contribution >= 0.6 is 11.6 Å². The monoisotopic (exact) mass is 697 g/mol. The Hall–Kier alpha value is -2.82. The van der Waals surface area contributed by atoms with Crippen LogP contribution in [0.15, 0.2) is 36.4 Å². The lowest BCUT2D eigenvalue weighted by atomic mass is 9.59. The quantitative estimate of drug-likeness (QED) is 0.415. The fourth-order valence-electron chi connectivity index (χ4n) is 9.42. The molecule has 11 heteroatoms. The molecule has 3 heterocycles. The predicted molar refractivity (Wildman–Crippen MR) is 186 cm³/mol. The molecule has 9 nitrogen and oxygen atoms in total. The van der Waals surface area contributed by atoms with Crippen molar-refractivity contribution in [2.24, 2.45) is 23.7 Å². The number of nitrogens with one attached hydrogen (secondary N) is 1. The molecule has 1 saturated heterocycles. The van der Waals surface area contributed by atoms with Crippen molar-refractivity contribution in [1.29, 1.82) is 0 Å². The molecule has 3 aliphatic heterocycles. The van der Waals surface area contributed by atoms with Gasteiger partial charge in [-0.05, 0) is 118 Å². The molecule has 2 aromatic rings. The first kappa shape index (κ1) is 33.7. The molecule has 0 aromatic heterocycles. The van der Waals surface area contributed by atoms with E-state index in [1.807, 2.05) is 20.0 Å².